The first-order chi connectivity index (χ1) is 6.42. The molecule has 1 N–H and O–H groups in total. The highest BCUT2D eigenvalue weighted by molar-refractivity contribution is 5.15. The van der Waals surface area contributed by atoms with Gasteiger partial charge in [0.25, 0.3) is 0 Å². The van der Waals surface area contributed by atoms with Crippen molar-refractivity contribution in [3.63, 3.8) is 0 Å². The smallest absolute Gasteiger partial charge is 0.0993 e. The summed E-state index contributed by atoms with van der Waals surface area (Å²) in [4.78, 5) is 4.09. The Morgan fingerprint density at radius 2 is 2.54 bits per heavy atom. The van der Waals surface area contributed by atoms with E-state index < -0.39 is 0 Å². The fraction of sp³-hybridized carbons (Fsp3) is 0.500. The zero-order chi connectivity index (χ0) is 9.10. The van der Waals surface area contributed by atoms with Crippen LogP contribution in [0.2, 0.25) is 0 Å². The lowest BCUT2D eigenvalue weighted by molar-refractivity contribution is 0.0999. The summed E-state index contributed by atoms with van der Waals surface area (Å²) in [6, 6.07) is 4.45. The van der Waals surface area contributed by atoms with Gasteiger partial charge in [0.15, 0.2) is 0 Å². The summed E-state index contributed by atoms with van der Waals surface area (Å²) in [6.07, 6.45) is 4.92. The maximum absolute atomic E-state index is 5.64. The van der Waals surface area contributed by atoms with Gasteiger partial charge in [-0.2, -0.15) is 0 Å². The molecule has 3 nitrogen and oxygen atoms in total. The Morgan fingerprint density at radius 1 is 1.62 bits per heavy atom. The Hall–Kier alpha value is -0.930. The van der Waals surface area contributed by atoms with E-state index in [0.29, 0.717) is 6.04 Å². The summed E-state index contributed by atoms with van der Waals surface area (Å²) in [7, 11) is 1.97. The van der Waals surface area contributed by atoms with Crippen molar-refractivity contribution in [2.75, 3.05) is 13.7 Å². The summed E-state index contributed by atoms with van der Waals surface area (Å²) in [5.41, 5.74) is 1.17. The van der Waals surface area contributed by atoms with Gasteiger partial charge >= 0.3 is 0 Å². The largest absolute Gasteiger partial charge is 0.372 e. The quantitative estimate of drug-likeness (QED) is 0.737. The molecule has 0 aliphatic carbocycles. The van der Waals surface area contributed by atoms with Crippen LogP contribution in [-0.2, 0) is 4.74 Å². The number of nitrogens with one attached hydrogen (secondary N) is 1. The third kappa shape index (κ3) is 1.71. The molecule has 0 unspecified atom stereocenters. The number of rotatable bonds is 2. The summed E-state index contributed by atoms with van der Waals surface area (Å²) >= 11 is 0. The standard InChI is InChI=1S/C10H14N2O/c1-11-9-4-6-13-10(9)8-3-2-5-12-7-8/h2-3,5,7,9-11H,4,6H2,1H3/t9-,10+/m1/s1. The molecule has 1 aromatic rings. The van der Waals surface area contributed by atoms with Crippen LogP contribution in [0, 0.1) is 0 Å². The fourth-order valence-corrected chi connectivity index (χ4v) is 1.76. The van der Waals surface area contributed by atoms with E-state index in [1.54, 1.807) is 6.20 Å². The molecule has 1 aliphatic heterocycles. The molecule has 2 atom stereocenters. The van der Waals surface area contributed by atoms with E-state index in [9.17, 15) is 0 Å². The summed E-state index contributed by atoms with van der Waals surface area (Å²) < 4.78 is 5.64. The topological polar surface area (TPSA) is 34.1 Å². The van der Waals surface area contributed by atoms with Gasteiger partial charge in [0.2, 0.25) is 0 Å². The van der Waals surface area contributed by atoms with Crippen molar-refractivity contribution in [3.05, 3.63) is 30.1 Å². The molecule has 2 rings (SSSR count). The first-order valence-corrected chi connectivity index (χ1v) is 4.60. The molecule has 13 heavy (non-hydrogen) atoms. The Kier molecular flexibility index (Phi) is 2.57. The first-order valence-electron chi connectivity index (χ1n) is 4.60. The number of ether oxygens (including phenoxy) is 1. The average molecular weight is 178 g/mol. The molecule has 70 valence electrons. The van der Waals surface area contributed by atoms with Crippen molar-refractivity contribution in [1.29, 1.82) is 0 Å². The molecule has 1 fully saturated rings. The second-order valence-electron chi connectivity index (χ2n) is 3.26. The van der Waals surface area contributed by atoms with Crippen molar-refractivity contribution in [2.45, 2.75) is 18.6 Å². The van der Waals surface area contributed by atoms with E-state index in [1.807, 2.05) is 19.3 Å². The summed E-state index contributed by atoms with van der Waals surface area (Å²) in [5.74, 6) is 0. The van der Waals surface area contributed by atoms with Gasteiger partial charge in [-0.25, -0.2) is 0 Å². The second kappa shape index (κ2) is 3.85. The monoisotopic (exact) mass is 178 g/mol. The normalized spacial score (nSPS) is 27.8. The third-order valence-electron chi connectivity index (χ3n) is 2.48. The van der Waals surface area contributed by atoms with Crippen molar-refractivity contribution in [2.24, 2.45) is 0 Å². The maximum Gasteiger partial charge on any atom is 0.0993 e. The summed E-state index contributed by atoms with van der Waals surface area (Å²) in [6.45, 7) is 0.838. The van der Waals surface area contributed by atoms with E-state index in [4.69, 9.17) is 4.74 Å². The molecular weight excluding hydrogens is 164 g/mol. The van der Waals surface area contributed by atoms with Crippen molar-refractivity contribution in [1.82, 2.24) is 10.3 Å². The Labute approximate surface area is 78.1 Å². The minimum Gasteiger partial charge on any atom is -0.372 e. The fourth-order valence-electron chi connectivity index (χ4n) is 1.76. The Bertz CT molecular complexity index is 263. The van der Waals surface area contributed by atoms with Gasteiger partial charge in [0.05, 0.1) is 6.10 Å². The van der Waals surface area contributed by atoms with Crippen molar-refractivity contribution in [3.8, 4) is 0 Å². The third-order valence-corrected chi connectivity index (χ3v) is 2.48. The highest BCUT2D eigenvalue weighted by Crippen LogP contribution is 2.27. The molecule has 0 radical (unpaired) electrons. The number of pyridine rings is 1. The van der Waals surface area contributed by atoms with E-state index in [0.717, 1.165) is 13.0 Å². The zero-order valence-electron chi connectivity index (χ0n) is 7.73. The molecule has 0 saturated carbocycles. The van der Waals surface area contributed by atoms with Crippen LogP contribution in [0.3, 0.4) is 0 Å². The predicted octanol–water partition coefficient (Wildman–Crippen LogP) is 1.13. The molecule has 0 bridgehead atoms. The minimum atomic E-state index is 0.179. The van der Waals surface area contributed by atoms with Gasteiger partial charge in [-0.1, -0.05) is 6.07 Å². The van der Waals surface area contributed by atoms with Gasteiger partial charge < -0.3 is 10.1 Å². The number of likely N-dealkylation sites (N-methyl/N-ethyl adjacent to an activating group) is 1. The van der Waals surface area contributed by atoms with E-state index in [2.05, 4.69) is 16.4 Å². The molecule has 0 spiro atoms. The molecule has 2 heterocycles. The molecule has 1 saturated heterocycles. The van der Waals surface area contributed by atoms with Crippen molar-refractivity contribution >= 4 is 0 Å². The van der Waals surface area contributed by atoms with Crippen LogP contribution in [0.4, 0.5) is 0 Å². The van der Waals surface area contributed by atoms with Crippen LogP contribution < -0.4 is 5.32 Å². The molecule has 0 amide bonds. The SMILES string of the molecule is CN[C@@H]1CCO[C@H]1c1cccnc1. The molecular formula is C10H14N2O. The average Bonchev–Trinajstić information content (AvgIpc) is 2.67. The van der Waals surface area contributed by atoms with E-state index >= 15 is 0 Å². The second-order valence-corrected chi connectivity index (χ2v) is 3.26. The Balaban J connectivity index is 2.16. The zero-order valence-corrected chi connectivity index (χ0v) is 7.73. The molecule has 1 aromatic heterocycles. The summed E-state index contributed by atoms with van der Waals surface area (Å²) in [5, 5.41) is 3.26. The Morgan fingerprint density at radius 3 is 3.23 bits per heavy atom. The lowest BCUT2D eigenvalue weighted by Gasteiger charge is -2.17. The number of aromatic nitrogens is 1. The van der Waals surface area contributed by atoms with Gasteiger partial charge in [-0.3, -0.25) is 4.98 Å². The predicted molar refractivity (Wildman–Crippen MR) is 50.4 cm³/mol. The van der Waals surface area contributed by atoms with Crippen molar-refractivity contribution < 1.29 is 4.74 Å². The highest BCUT2D eigenvalue weighted by Gasteiger charge is 2.27. The molecule has 3 heteroatoms. The minimum absolute atomic E-state index is 0.179. The lowest BCUT2D eigenvalue weighted by Crippen LogP contribution is -2.28. The van der Waals surface area contributed by atoms with Crippen LogP contribution in [0.1, 0.15) is 18.1 Å². The molecule has 0 aromatic carbocycles. The van der Waals surface area contributed by atoms with Gasteiger partial charge in [0, 0.05) is 30.6 Å². The first kappa shape index (κ1) is 8.66. The number of hydrogen-bond acceptors (Lipinski definition) is 3. The van der Waals surface area contributed by atoms with E-state index in [1.165, 1.54) is 5.56 Å². The highest BCUT2D eigenvalue weighted by atomic mass is 16.5. The van der Waals surface area contributed by atoms with Gasteiger partial charge in [-0.05, 0) is 19.5 Å². The van der Waals surface area contributed by atoms with Gasteiger partial charge in [-0.15, -0.1) is 0 Å². The van der Waals surface area contributed by atoms with E-state index in [-0.39, 0.29) is 6.10 Å². The van der Waals surface area contributed by atoms with Gasteiger partial charge in [0.1, 0.15) is 0 Å². The lowest BCUT2D eigenvalue weighted by atomic mass is 10.0. The number of nitrogens with zero attached hydrogens (tertiary/aromatic N) is 1. The number of hydrogen-bond donors (Lipinski definition) is 1. The maximum atomic E-state index is 5.64. The van der Waals surface area contributed by atoms with Crippen LogP contribution in [-0.4, -0.2) is 24.7 Å². The van der Waals surface area contributed by atoms with Crippen LogP contribution in [0.15, 0.2) is 24.5 Å². The van der Waals surface area contributed by atoms with Crippen LogP contribution >= 0.6 is 0 Å². The van der Waals surface area contributed by atoms with Crippen LogP contribution in [0.25, 0.3) is 0 Å². The van der Waals surface area contributed by atoms with Crippen LogP contribution in [0.5, 0.6) is 0 Å². The molecule has 1 aliphatic rings.